The number of H-pyrrole nitrogens is 1. The average Bonchev–Trinajstić information content (AvgIpc) is 3.25. The molecule has 0 saturated carbocycles. The van der Waals surface area contributed by atoms with Crippen molar-refractivity contribution in [3.8, 4) is 11.5 Å². The Morgan fingerprint density at radius 2 is 1.65 bits per heavy atom. The molecular formula is C26H31Cl2N3O5S. The van der Waals surface area contributed by atoms with Crippen molar-refractivity contribution in [1.29, 1.82) is 0 Å². The zero-order valence-corrected chi connectivity index (χ0v) is 22.6. The van der Waals surface area contributed by atoms with Crippen molar-refractivity contribution in [2.24, 2.45) is 0 Å². The van der Waals surface area contributed by atoms with E-state index in [0.29, 0.717) is 24.2 Å². The molecule has 0 bridgehead atoms. The fraction of sp³-hybridized carbons (Fsp3) is 0.269. The van der Waals surface area contributed by atoms with Gasteiger partial charge >= 0.3 is 4.87 Å². The second kappa shape index (κ2) is 13.8. The monoisotopic (exact) mass is 567 g/mol. The highest BCUT2D eigenvalue weighted by Gasteiger charge is 2.29. The largest absolute Gasteiger partial charge is 0.506 e. The zero-order valence-electron chi connectivity index (χ0n) is 20.2. The Kier molecular flexibility index (Phi) is 11.4. The van der Waals surface area contributed by atoms with E-state index >= 15 is 0 Å². The molecule has 1 heterocycles. The van der Waals surface area contributed by atoms with Crippen molar-refractivity contribution >= 4 is 46.4 Å². The van der Waals surface area contributed by atoms with Gasteiger partial charge in [-0.25, -0.2) is 0 Å². The number of para-hydroxylation sites is 1. The molecule has 11 heteroatoms. The smallest absolute Gasteiger partial charge is 0.305 e. The highest BCUT2D eigenvalue weighted by atomic mass is 35.5. The van der Waals surface area contributed by atoms with Crippen LogP contribution in [-0.4, -0.2) is 40.5 Å². The van der Waals surface area contributed by atoms with Gasteiger partial charge in [0.25, 0.3) is 0 Å². The van der Waals surface area contributed by atoms with Crippen molar-refractivity contribution in [1.82, 2.24) is 15.6 Å². The maximum Gasteiger partial charge on any atom is 0.305 e. The second-order valence-corrected chi connectivity index (χ2v) is 9.31. The number of aromatic amines is 1. The van der Waals surface area contributed by atoms with Gasteiger partial charge in [0.1, 0.15) is 17.0 Å². The number of halogens is 2. The number of fused-ring (bicyclic) bond motifs is 1. The number of benzene rings is 3. The Morgan fingerprint density at radius 1 is 0.946 bits per heavy atom. The molecule has 0 fully saturated rings. The Balaban J connectivity index is 0.00000241. The molecule has 0 aliphatic carbocycles. The lowest BCUT2D eigenvalue weighted by Crippen LogP contribution is -2.38. The van der Waals surface area contributed by atoms with E-state index in [1.165, 1.54) is 17.7 Å². The number of nitrogens with one attached hydrogen (secondary N) is 3. The summed E-state index contributed by atoms with van der Waals surface area (Å²) < 4.78 is 5.71. The molecule has 0 aliphatic heterocycles. The molecule has 0 spiro atoms. The SMILES string of the molecule is COc1ccccc1CNCc1ccc(CCNCC(O)(O)c2ccc(O)c3[nH]c(=O)sc23)cc1.Cl.Cl. The van der Waals surface area contributed by atoms with E-state index in [-0.39, 0.29) is 53.1 Å². The molecule has 0 saturated heterocycles. The highest BCUT2D eigenvalue weighted by molar-refractivity contribution is 7.16. The van der Waals surface area contributed by atoms with Gasteiger partial charge in [0.15, 0.2) is 0 Å². The molecular weight excluding hydrogens is 537 g/mol. The Hall–Kier alpha value is -2.63. The van der Waals surface area contributed by atoms with Crippen molar-refractivity contribution in [3.63, 3.8) is 0 Å². The molecule has 37 heavy (non-hydrogen) atoms. The summed E-state index contributed by atoms with van der Waals surface area (Å²) in [5.74, 6) is -1.42. The third kappa shape index (κ3) is 7.68. The Morgan fingerprint density at radius 3 is 2.38 bits per heavy atom. The minimum Gasteiger partial charge on any atom is -0.506 e. The molecule has 4 rings (SSSR count). The highest BCUT2D eigenvalue weighted by Crippen LogP contribution is 2.32. The van der Waals surface area contributed by atoms with Crippen LogP contribution in [0.15, 0.2) is 65.5 Å². The van der Waals surface area contributed by atoms with Gasteiger partial charge in [0.2, 0.25) is 5.79 Å². The number of phenolic OH excluding ortho intramolecular Hbond substituents is 1. The molecule has 1 aromatic heterocycles. The number of methoxy groups -OCH3 is 1. The van der Waals surface area contributed by atoms with E-state index in [1.807, 2.05) is 24.3 Å². The molecule has 4 aromatic rings. The van der Waals surface area contributed by atoms with Gasteiger partial charge in [-0.15, -0.1) is 24.8 Å². The molecule has 200 valence electrons. The van der Waals surface area contributed by atoms with Crippen molar-refractivity contribution < 1.29 is 20.1 Å². The molecule has 0 aliphatic rings. The molecule has 6 N–H and O–H groups in total. The van der Waals surface area contributed by atoms with Crippen molar-refractivity contribution in [2.45, 2.75) is 25.3 Å². The van der Waals surface area contributed by atoms with Crippen LogP contribution in [0.1, 0.15) is 22.3 Å². The van der Waals surface area contributed by atoms with Crippen LogP contribution in [-0.2, 0) is 25.3 Å². The van der Waals surface area contributed by atoms with Crippen LogP contribution in [0.3, 0.4) is 0 Å². The summed E-state index contributed by atoms with van der Waals surface area (Å²) in [6.45, 7) is 1.87. The molecule has 8 nitrogen and oxygen atoms in total. The summed E-state index contributed by atoms with van der Waals surface area (Å²) in [5, 5.41) is 37.6. The number of ether oxygens (including phenoxy) is 1. The van der Waals surface area contributed by atoms with E-state index in [4.69, 9.17) is 4.74 Å². The first-order chi connectivity index (χ1) is 16.9. The van der Waals surface area contributed by atoms with Gasteiger partial charge in [-0.3, -0.25) is 4.79 Å². The Labute approximate surface area is 231 Å². The summed E-state index contributed by atoms with van der Waals surface area (Å²) >= 11 is 0.833. The van der Waals surface area contributed by atoms with Crippen LogP contribution in [0.4, 0.5) is 0 Å². The average molecular weight is 569 g/mol. The topological polar surface area (TPSA) is 127 Å². The maximum absolute atomic E-state index is 11.7. The number of hydrogen-bond donors (Lipinski definition) is 6. The normalized spacial score (nSPS) is 11.1. The van der Waals surface area contributed by atoms with Crippen molar-refractivity contribution in [3.05, 3.63) is 92.6 Å². The third-order valence-electron chi connectivity index (χ3n) is 5.81. The maximum atomic E-state index is 11.7. The van der Waals surface area contributed by atoms with Crippen LogP contribution >= 0.6 is 36.2 Å². The predicted molar refractivity (Wildman–Crippen MR) is 151 cm³/mol. The van der Waals surface area contributed by atoms with Gasteiger partial charge < -0.3 is 35.7 Å². The molecule has 0 radical (unpaired) electrons. The van der Waals surface area contributed by atoms with Crippen LogP contribution in [0.5, 0.6) is 11.5 Å². The lowest BCUT2D eigenvalue weighted by molar-refractivity contribution is -0.164. The molecule has 0 amide bonds. The van der Waals surface area contributed by atoms with Gasteiger partial charge in [-0.2, -0.15) is 0 Å². The number of aromatic nitrogens is 1. The quantitative estimate of drug-likeness (QED) is 0.121. The standard InChI is InChI=1S/C26H29N3O5S.2ClH/c1-34-22-5-3-2-4-19(22)15-28-14-18-8-6-17(7-9-18)12-13-27-16-26(32,33)20-10-11-21(30)23-24(20)35-25(31)29-23;;/h2-11,27-28,30,32-33H,12-16H2,1H3,(H,29,31);2*1H. The van der Waals surface area contributed by atoms with Gasteiger partial charge in [0, 0.05) is 24.2 Å². The fourth-order valence-corrected chi connectivity index (χ4v) is 4.88. The molecule has 0 atom stereocenters. The van der Waals surface area contributed by atoms with E-state index in [2.05, 4.69) is 39.9 Å². The second-order valence-electron chi connectivity index (χ2n) is 8.33. The summed E-state index contributed by atoms with van der Waals surface area (Å²) in [6.07, 6.45) is 0.716. The molecule has 0 unspecified atom stereocenters. The molecule has 3 aromatic carbocycles. The zero-order chi connectivity index (χ0) is 24.8. The van der Waals surface area contributed by atoms with Gasteiger partial charge in [-0.1, -0.05) is 53.8 Å². The van der Waals surface area contributed by atoms with Gasteiger partial charge in [0.05, 0.1) is 18.4 Å². The first kappa shape index (κ1) is 30.6. The third-order valence-corrected chi connectivity index (χ3v) is 6.73. The van der Waals surface area contributed by atoms with Crippen LogP contribution in [0.2, 0.25) is 0 Å². The van der Waals surface area contributed by atoms with Crippen LogP contribution < -0.4 is 20.2 Å². The van der Waals surface area contributed by atoms with Crippen LogP contribution in [0, 0.1) is 0 Å². The van der Waals surface area contributed by atoms with E-state index in [0.717, 1.165) is 34.8 Å². The number of hydrogen-bond acceptors (Lipinski definition) is 8. The first-order valence-corrected chi connectivity index (χ1v) is 12.1. The summed E-state index contributed by atoms with van der Waals surface area (Å²) in [7, 11) is 1.67. The van der Waals surface area contributed by atoms with E-state index in [1.54, 1.807) is 7.11 Å². The number of aromatic hydroxyl groups is 1. The predicted octanol–water partition coefficient (Wildman–Crippen LogP) is 3.41. The summed E-state index contributed by atoms with van der Waals surface area (Å²) in [5.41, 5.74) is 3.79. The van der Waals surface area contributed by atoms with E-state index in [9.17, 15) is 20.1 Å². The Bertz CT molecular complexity index is 1340. The number of aliphatic hydroxyl groups is 2. The lowest BCUT2D eigenvalue weighted by Gasteiger charge is -2.23. The first-order valence-electron chi connectivity index (χ1n) is 11.3. The number of thiazole rings is 1. The minimum absolute atomic E-state index is 0. The minimum atomic E-state index is -2.19. The lowest BCUT2D eigenvalue weighted by atomic mass is 10.0. The van der Waals surface area contributed by atoms with Gasteiger partial charge in [-0.05, 0) is 42.3 Å². The number of phenols is 1. The van der Waals surface area contributed by atoms with Crippen molar-refractivity contribution in [2.75, 3.05) is 20.2 Å². The van der Waals surface area contributed by atoms with E-state index < -0.39 is 5.79 Å². The summed E-state index contributed by atoms with van der Waals surface area (Å²) in [4.78, 5) is 13.8. The fourth-order valence-electron chi connectivity index (χ4n) is 3.94. The number of rotatable bonds is 11. The van der Waals surface area contributed by atoms with Crippen LogP contribution in [0.25, 0.3) is 10.2 Å². The summed E-state index contributed by atoms with van der Waals surface area (Å²) in [6, 6.07) is 19.0.